The van der Waals surface area contributed by atoms with E-state index in [1.807, 2.05) is 12.1 Å². The van der Waals surface area contributed by atoms with Gasteiger partial charge in [0.1, 0.15) is 0 Å². The van der Waals surface area contributed by atoms with E-state index >= 15 is 0 Å². The summed E-state index contributed by atoms with van der Waals surface area (Å²) in [6.45, 7) is 0. The number of benzene rings is 10. The van der Waals surface area contributed by atoms with Crippen molar-refractivity contribution in [3.05, 3.63) is 255 Å². The zero-order chi connectivity index (χ0) is 40.1. The van der Waals surface area contributed by atoms with E-state index in [1.165, 1.54) is 100 Å². The van der Waals surface area contributed by atoms with Crippen molar-refractivity contribution in [2.75, 3.05) is 0 Å². The van der Waals surface area contributed by atoms with Gasteiger partial charge >= 0.3 is 0 Å². The molecular formula is C60H41. The molecule has 0 aliphatic rings. The molecule has 0 aliphatic carbocycles. The standard InChI is InChI=1S/C60H41/c1-3-7-43(8-4-1)45-11-15-47(16-12-45)49-19-23-51(24-20-49)53-27-31-55(32-28-53)57-35-39-59(40-36-57)60-41-37-58(38-42-60)56-33-29-54(30-34-56)52-25-21-50(22-26-52)48-17-13-46(14-18-48)44-9-5-2-6-10-44/h1,3-42H. The van der Waals surface area contributed by atoms with Gasteiger partial charge in [-0.05, 0) is 106 Å². The molecular weight excluding hydrogens is 721 g/mol. The van der Waals surface area contributed by atoms with E-state index in [0.717, 1.165) is 0 Å². The van der Waals surface area contributed by atoms with Gasteiger partial charge in [-0.3, -0.25) is 0 Å². The molecule has 0 unspecified atom stereocenters. The summed E-state index contributed by atoms with van der Waals surface area (Å²) in [5, 5.41) is 0. The lowest BCUT2D eigenvalue weighted by atomic mass is 9.95. The topological polar surface area (TPSA) is 0 Å². The smallest absolute Gasteiger partial charge is 0.0184 e. The molecule has 0 saturated carbocycles. The molecule has 0 heterocycles. The summed E-state index contributed by atoms with van der Waals surface area (Å²) < 4.78 is 0. The van der Waals surface area contributed by atoms with Crippen LogP contribution in [0.15, 0.2) is 249 Å². The Kier molecular flexibility index (Phi) is 10.1. The number of hydrogen-bond donors (Lipinski definition) is 0. The highest BCUT2D eigenvalue weighted by atomic mass is 14.1. The van der Waals surface area contributed by atoms with Crippen LogP contribution >= 0.6 is 0 Å². The molecule has 0 N–H and O–H groups in total. The zero-order valence-electron chi connectivity index (χ0n) is 33.2. The third-order valence-electron chi connectivity index (χ3n) is 11.6. The monoisotopic (exact) mass is 761 g/mol. The van der Waals surface area contributed by atoms with E-state index in [9.17, 15) is 0 Å². The quantitative estimate of drug-likeness (QED) is 0.137. The zero-order valence-corrected chi connectivity index (χ0v) is 33.2. The first-order valence-corrected chi connectivity index (χ1v) is 20.6. The van der Waals surface area contributed by atoms with Crippen LogP contribution in [0.4, 0.5) is 0 Å². The van der Waals surface area contributed by atoms with E-state index in [0.29, 0.717) is 0 Å². The lowest BCUT2D eigenvalue weighted by Crippen LogP contribution is -1.84. The van der Waals surface area contributed by atoms with Gasteiger partial charge in [0, 0.05) is 0 Å². The first kappa shape index (κ1) is 36.5. The summed E-state index contributed by atoms with van der Waals surface area (Å²) in [4.78, 5) is 0. The minimum absolute atomic E-state index is 1.21. The molecule has 0 heteroatoms. The van der Waals surface area contributed by atoms with Crippen molar-refractivity contribution >= 4 is 0 Å². The van der Waals surface area contributed by atoms with Crippen LogP contribution in [0.25, 0.3) is 100 Å². The molecule has 1 radical (unpaired) electrons. The lowest BCUT2D eigenvalue weighted by molar-refractivity contribution is 1.56. The van der Waals surface area contributed by atoms with Gasteiger partial charge < -0.3 is 0 Å². The molecule has 281 valence electrons. The van der Waals surface area contributed by atoms with Crippen molar-refractivity contribution in [1.82, 2.24) is 0 Å². The second-order valence-electron chi connectivity index (χ2n) is 15.3. The molecule has 0 nitrogen and oxygen atoms in total. The Morgan fingerprint density at radius 3 is 0.433 bits per heavy atom. The summed E-state index contributed by atoms with van der Waals surface area (Å²) in [6, 6.07) is 92.6. The van der Waals surface area contributed by atoms with Crippen molar-refractivity contribution in [1.29, 1.82) is 0 Å². The highest BCUT2D eigenvalue weighted by Crippen LogP contribution is 2.33. The fourth-order valence-corrected chi connectivity index (χ4v) is 8.05. The van der Waals surface area contributed by atoms with Crippen molar-refractivity contribution in [2.45, 2.75) is 0 Å². The van der Waals surface area contributed by atoms with Crippen LogP contribution in [0.2, 0.25) is 0 Å². The van der Waals surface area contributed by atoms with Crippen molar-refractivity contribution in [3.63, 3.8) is 0 Å². The second kappa shape index (κ2) is 16.6. The Hall–Kier alpha value is -7.80. The molecule has 0 aromatic heterocycles. The maximum atomic E-state index is 3.09. The molecule has 0 bridgehead atoms. The summed E-state index contributed by atoms with van der Waals surface area (Å²) in [7, 11) is 0. The molecule has 0 saturated heterocycles. The predicted octanol–water partition coefficient (Wildman–Crippen LogP) is 16.5. The third kappa shape index (κ3) is 7.88. The number of rotatable bonds is 9. The van der Waals surface area contributed by atoms with Crippen molar-refractivity contribution in [2.24, 2.45) is 0 Å². The third-order valence-corrected chi connectivity index (χ3v) is 11.6. The Morgan fingerprint density at radius 1 is 0.133 bits per heavy atom. The molecule has 10 aromatic rings. The molecule has 10 aromatic carbocycles. The Balaban J connectivity index is 0.759. The summed E-state index contributed by atoms with van der Waals surface area (Å²) in [5.41, 5.74) is 21.9. The van der Waals surface area contributed by atoms with Crippen LogP contribution in [0.1, 0.15) is 0 Å². The normalized spacial score (nSPS) is 11.0. The van der Waals surface area contributed by atoms with Gasteiger partial charge in [0.05, 0.1) is 0 Å². The Labute approximate surface area is 353 Å². The summed E-state index contributed by atoms with van der Waals surface area (Å²) in [6.07, 6.45) is 0. The minimum Gasteiger partial charge on any atom is -0.0622 e. The molecule has 0 spiro atoms. The van der Waals surface area contributed by atoms with Crippen molar-refractivity contribution < 1.29 is 0 Å². The van der Waals surface area contributed by atoms with Gasteiger partial charge in [-0.2, -0.15) is 0 Å². The van der Waals surface area contributed by atoms with E-state index in [2.05, 4.69) is 243 Å². The summed E-state index contributed by atoms with van der Waals surface area (Å²) in [5.74, 6) is 0. The predicted molar refractivity (Wildman–Crippen MR) is 254 cm³/mol. The SMILES string of the molecule is [c]1ccc(-c2ccc(-c3ccc(-c4ccc(-c5ccc(-c6ccc(-c7ccc(-c8ccc(-c9ccc(-c%10ccccc%10)cc9)cc8)cc7)cc6)cc5)cc4)cc3)cc2)cc1. The Bertz CT molecular complexity index is 2730. The molecule has 0 aliphatic heterocycles. The van der Waals surface area contributed by atoms with E-state index in [4.69, 9.17) is 0 Å². The number of hydrogen-bond acceptors (Lipinski definition) is 0. The maximum absolute atomic E-state index is 3.09. The van der Waals surface area contributed by atoms with Gasteiger partial charge in [-0.25, -0.2) is 0 Å². The average Bonchev–Trinajstić information content (AvgIpc) is 3.35. The largest absolute Gasteiger partial charge is 0.0622 e. The van der Waals surface area contributed by atoms with Gasteiger partial charge in [0.2, 0.25) is 0 Å². The van der Waals surface area contributed by atoms with Crippen LogP contribution < -0.4 is 0 Å². The molecule has 0 amide bonds. The van der Waals surface area contributed by atoms with Gasteiger partial charge in [-0.15, -0.1) is 0 Å². The first-order valence-electron chi connectivity index (χ1n) is 20.6. The van der Waals surface area contributed by atoms with Crippen LogP contribution in [0.5, 0.6) is 0 Å². The minimum atomic E-state index is 1.21. The fourth-order valence-electron chi connectivity index (χ4n) is 8.05. The molecule has 0 fully saturated rings. The maximum Gasteiger partial charge on any atom is -0.0184 e. The molecule has 60 heavy (non-hydrogen) atoms. The highest BCUT2D eigenvalue weighted by Gasteiger charge is 2.07. The fraction of sp³-hybridized carbons (Fsp3) is 0. The molecule has 10 rings (SSSR count). The van der Waals surface area contributed by atoms with Gasteiger partial charge in [0.15, 0.2) is 0 Å². The summed E-state index contributed by atoms with van der Waals surface area (Å²) >= 11 is 0. The highest BCUT2D eigenvalue weighted by molar-refractivity contribution is 5.79. The second-order valence-corrected chi connectivity index (χ2v) is 15.3. The molecule has 0 atom stereocenters. The van der Waals surface area contributed by atoms with Gasteiger partial charge in [0.25, 0.3) is 0 Å². The Morgan fingerprint density at radius 2 is 0.267 bits per heavy atom. The van der Waals surface area contributed by atoms with E-state index < -0.39 is 0 Å². The van der Waals surface area contributed by atoms with E-state index in [1.54, 1.807) is 0 Å². The average molecular weight is 762 g/mol. The van der Waals surface area contributed by atoms with Crippen LogP contribution in [0, 0.1) is 6.07 Å². The van der Waals surface area contributed by atoms with Crippen LogP contribution in [-0.4, -0.2) is 0 Å². The van der Waals surface area contributed by atoms with E-state index in [-0.39, 0.29) is 0 Å². The van der Waals surface area contributed by atoms with Crippen molar-refractivity contribution in [3.8, 4) is 100 Å². The lowest BCUT2D eigenvalue weighted by Gasteiger charge is -2.09. The van der Waals surface area contributed by atoms with Gasteiger partial charge in [-0.1, -0.05) is 249 Å². The van der Waals surface area contributed by atoms with Crippen LogP contribution in [0.3, 0.4) is 0 Å². The van der Waals surface area contributed by atoms with Crippen LogP contribution in [-0.2, 0) is 0 Å². The first-order chi connectivity index (χ1) is 29.7.